The van der Waals surface area contributed by atoms with Crippen LogP contribution in [0.2, 0.25) is 5.28 Å². The number of ether oxygens (including phenoxy) is 2. The van der Waals surface area contributed by atoms with Gasteiger partial charge in [0.05, 0.1) is 11.6 Å². The van der Waals surface area contributed by atoms with Gasteiger partial charge in [-0.15, -0.1) is 0 Å². The van der Waals surface area contributed by atoms with E-state index in [1.165, 1.54) is 6.20 Å². The van der Waals surface area contributed by atoms with Gasteiger partial charge in [0, 0.05) is 6.20 Å². The highest BCUT2D eigenvalue weighted by molar-refractivity contribution is 9.10. The van der Waals surface area contributed by atoms with Gasteiger partial charge in [0.1, 0.15) is 0 Å². The number of halogens is 2. The van der Waals surface area contributed by atoms with Crippen LogP contribution in [0.5, 0.6) is 17.4 Å². The van der Waals surface area contributed by atoms with Crippen molar-refractivity contribution in [1.29, 1.82) is 0 Å². The fourth-order valence-electron chi connectivity index (χ4n) is 1.21. The average Bonchev–Trinajstić information content (AvgIpc) is 2.34. The number of hydrogen-bond donors (Lipinski definition) is 0. The van der Waals surface area contributed by atoms with Crippen LogP contribution >= 0.6 is 27.5 Å². The smallest absolute Gasteiger partial charge is 0.238 e. The van der Waals surface area contributed by atoms with Gasteiger partial charge in [0.2, 0.25) is 11.2 Å². The fourth-order valence-corrected chi connectivity index (χ4v) is 1.61. The molecule has 1 aromatic heterocycles. The van der Waals surface area contributed by atoms with E-state index in [2.05, 4.69) is 25.9 Å². The minimum atomic E-state index is 0.123. The number of methoxy groups -OCH3 is 1. The molecular formula is C11H8BrClN2O2. The molecule has 0 saturated carbocycles. The maximum Gasteiger partial charge on any atom is 0.238 e. The Hall–Kier alpha value is -1.33. The average molecular weight is 316 g/mol. The van der Waals surface area contributed by atoms with E-state index in [-0.39, 0.29) is 5.28 Å². The van der Waals surface area contributed by atoms with Crippen molar-refractivity contribution in [2.75, 3.05) is 7.11 Å². The zero-order valence-electron chi connectivity index (χ0n) is 8.85. The summed E-state index contributed by atoms with van der Waals surface area (Å²) in [7, 11) is 1.57. The van der Waals surface area contributed by atoms with E-state index in [1.807, 2.05) is 12.1 Å². The number of rotatable bonds is 3. The van der Waals surface area contributed by atoms with Gasteiger partial charge in [-0.1, -0.05) is 12.1 Å². The van der Waals surface area contributed by atoms with Gasteiger partial charge in [-0.25, -0.2) is 4.98 Å². The van der Waals surface area contributed by atoms with Crippen molar-refractivity contribution in [1.82, 2.24) is 9.97 Å². The molecule has 1 heterocycles. The Morgan fingerprint density at radius 3 is 2.65 bits per heavy atom. The quantitative estimate of drug-likeness (QED) is 0.810. The maximum atomic E-state index is 5.70. The lowest BCUT2D eigenvalue weighted by Gasteiger charge is -2.09. The van der Waals surface area contributed by atoms with Crippen molar-refractivity contribution in [2.45, 2.75) is 0 Å². The molecule has 0 bridgehead atoms. The van der Waals surface area contributed by atoms with E-state index in [9.17, 15) is 0 Å². The monoisotopic (exact) mass is 314 g/mol. The van der Waals surface area contributed by atoms with Gasteiger partial charge < -0.3 is 9.47 Å². The second kappa shape index (κ2) is 5.33. The van der Waals surface area contributed by atoms with Gasteiger partial charge in [0.25, 0.3) is 0 Å². The molecule has 4 nitrogen and oxygen atoms in total. The summed E-state index contributed by atoms with van der Waals surface area (Å²) in [5, 5.41) is 0.123. The van der Waals surface area contributed by atoms with Crippen LogP contribution in [-0.4, -0.2) is 17.1 Å². The SMILES string of the molecule is COc1ccccc1Oc1nc(Cl)ncc1Br. The summed E-state index contributed by atoms with van der Waals surface area (Å²) in [6, 6.07) is 7.27. The van der Waals surface area contributed by atoms with E-state index >= 15 is 0 Å². The van der Waals surface area contributed by atoms with Crippen LogP contribution in [0.1, 0.15) is 0 Å². The van der Waals surface area contributed by atoms with Crippen LogP contribution in [0.15, 0.2) is 34.9 Å². The van der Waals surface area contributed by atoms with E-state index < -0.39 is 0 Å². The van der Waals surface area contributed by atoms with Crippen LogP contribution in [0, 0.1) is 0 Å². The fraction of sp³-hybridized carbons (Fsp3) is 0.0909. The Kier molecular flexibility index (Phi) is 3.81. The molecule has 2 rings (SSSR count). The Morgan fingerprint density at radius 2 is 1.94 bits per heavy atom. The minimum absolute atomic E-state index is 0.123. The number of benzene rings is 1. The third kappa shape index (κ3) is 2.87. The first-order valence-electron chi connectivity index (χ1n) is 4.69. The van der Waals surface area contributed by atoms with E-state index in [1.54, 1.807) is 19.2 Å². The predicted octanol–water partition coefficient (Wildman–Crippen LogP) is 3.69. The first-order valence-corrected chi connectivity index (χ1v) is 5.86. The van der Waals surface area contributed by atoms with Crippen molar-refractivity contribution in [3.05, 3.63) is 40.2 Å². The number of hydrogen-bond acceptors (Lipinski definition) is 4. The van der Waals surface area contributed by atoms with Gasteiger partial charge >= 0.3 is 0 Å². The van der Waals surface area contributed by atoms with Crippen LogP contribution in [0.3, 0.4) is 0 Å². The predicted molar refractivity (Wildman–Crippen MR) is 67.8 cm³/mol. The van der Waals surface area contributed by atoms with Crippen LogP contribution in [-0.2, 0) is 0 Å². The molecule has 0 radical (unpaired) electrons. The molecule has 0 spiro atoms. The molecule has 2 aromatic rings. The van der Waals surface area contributed by atoms with Crippen LogP contribution in [0.4, 0.5) is 0 Å². The lowest BCUT2D eigenvalue weighted by molar-refractivity contribution is 0.373. The molecule has 1 aromatic carbocycles. The summed E-state index contributed by atoms with van der Waals surface area (Å²) in [5.41, 5.74) is 0. The molecule has 0 saturated heterocycles. The molecule has 0 amide bonds. The number of para-hydroxylation sites is 2. The highest BCUT2D eigenvalue weighted by atomic mass is 79.9. The molecule has 6 heteroatoms. The standard InChI is InChI=1S/C11H8BrClN2O2/c1-16-8-4-2-3-5-9(8)17-10-7(12)6-14-11(13)15-10/h2-6H,1H3. The largest absolute Gasteiger partial charge is 0.493 e. The normalized spacial score (nSPS) is 10.1. The summed E-state index contributed by atoms with van der Waals surface area (Å²) in [5.74, 6) is 1.52. The highest BCUT2D eigenvalue weighted by Crippen LogP contribution is 2.33. The Bertz CT molecular complexity index is 537. The zero-order valence-corrected chi connectivity index (χ0v) is 11.2. The first kappa shape index (κ1) is 12.1. The summed E-state index contributed by atoms with van der Waals surface area (Å²) in [4.78, 5) is 7.79. The van der Waals surface area contributed by atoms with Crippen molar-refractivity contribution in [2.24, 2.45) is 0 Å². The van der Waals surface area contributed by atoms with Crippen molar-refractivity contribution >= 4 is 27.5 Å². The molecule has 0 aliphatic rings. The summed E-state index contributed by atoms with van der Waals surface area (Å²) in [6.07, 6.45) is 1.53. The van der Waals surface area contributed by atoms with Crippen LogP contribution in [0.25, 0.3) is 0 Å². The van der Waals surface area contributed by atoms with Crippen molar-refractivity contribution < 1.29 is 9.47 Å². The molecule has 88 valence electrons. The van der Waals surface area contributed by atoms with Gasteiger partial charge in [-0.3, -0.25) is 0 Å². The molecular weight excluding hydrogens is 307 g/mol. The highest BCUT2D eigenvalue weighted by Gasteiger charge is 2.09. The molecule has 0 fully saturated rings. The topological polar surface area (TPSA) is 44.2 Å². The molecule has 0 atom stereocenters. The van der Waals surface area contributed by atoms with Crippen LogP contribution < -0.4 is 9.47 Å². The molecule has 17 heavy (non-hydrogen) atoms. The van der Waals surface area contributed by atoms with Gasteiger partial charge in [0.15, 0.2) is 11.5 Å². The Labute approximate surface area is 112 Å². The first-order chi connectivity index (χ1) is 8.20. The summed E-state index contributed by atoms with van der Waals surface area (Å²) >= 11 is 8.99. The second-order valence-corrected chi connectivity index (χ2v) is 4.24. The second-order valence-electron chi connectivity index (χ2n) is 3.05. The van der Waals surface area contributed by atoms with Crippen molar-refractivity contribution in [3.63, 3.8) is 0 Å². The molecule has 0 N–H and O–H groups in total. The van der Waals surface area contributed by atoms with E-state index in [0.29, 0.717) is 21.9 Å². The zero-order chi connectivity index (χ0) is 12.3. The van der Waals surface area contributed by atoms with E-state index in [0.717, 1.165) is 0 Å². The van der Waals surface area contributed by atoms with E-state index in [4.69, 9.17) is 21.1 Å². The summed E-state index contributed by atoms with van der Waals surface area (Å²) < 4.78 is 11.4. The maximum absolute atomic E-state index is 5.70. The summed E-state index contributed by atoms with van der Waals surface area (Å²) in [6.45, 7) is 0. The molecule has 0 unspecified atom stereocenters. The van der Waals surface area contributed by atoms with Gasteiger partial charge in [-0.2, -0.15) is 4.98 Å². The number of nitrogens with zero attached hydrogens (tertiary/aromatic N) is 2. The minimum Gasteiger partial charge on any atom is -0.493 e. The lowest BCUT2D eigenvalue weighted by Crippen LogP contribution is -1.94. The number of aromatic nitrogens is 2. The Morgan fingerprint density at radius 1 is 1.24 bits per heavy atom. The third-order valence-corrected chi connectivity index (χ3v) is 2.68. The van der Waals surface area contributed by atoms with Gasteiger partial charge in [-0.05, 0) is 39.7 Å². The Balaban J connectivity index is 2.34. The van der Waals surface area contributed by atoms with Crippen molar-refractivity contribution in [3.8, 4) is 17.4 Å². The third-order valence-electron chi connectivity index (χ3n) is 1.96. The molecule has 0 aliphatic carbocycles. The lowest BCUT2D eigenvalue weighted by atomic mass is 10.3. The molecule has 0 aliphatic heterocycles.